The second-order valence-electron chi connectivity index (χ2n) is 3.17. The van der Waals surface area contributed by atoms with Gasteiger partial charge in [-0.05, 0) is 18.6 Å². The minimum Gasteiger partial charge on any atom is -0.353 e. The van der Waals surface area contributed by atoms with Gasteiger partial charge in [0.05, 0.1) is 5.02 Å². The molecule has 1 heterocycles. The molecule has 1 rings (SSSR count). The highest BCUT2D eigenvalue weighted by Gasteiger charge is 2.06. The molecule has 0 saturated heterocycles. The van der Waals surface area contributed by atoms with Gasteiger partial charge in [0, 0.05) is 25.8 Å². The van der Waals surface area contributed by atoms with Crippen LogP contribution < -0.4 is 10.6 Å². The van der Waals surface area contributed by atoms with Gasteiger partial charge in [-0.3, -0.25) is 0 Å². The van der Waals surface area contributed by atoms with Crippen LogP contribution in [0.15, 0.2) is 24.9 Å². The molecule has 0 aromatic carbocycles. The molecule has 0 fully saturated rings. The summed E-state index contributed by atoms with van der Waals surface area (Å²) in [5.41, 5.74) is 6.50. The summed E-state index contributed by atoms with van der Waals surface area (Å²) in [6, 6.07) is 1.93. The van der Waals surface area contributed by atoms with Crippen LogP contribution in [0.1, 0.15) is 12.5 Å². The number of likely N-dealkylation sites (N-methyl/N-ethyl adjacent to an activating group) is 1. The lowest BCUT2D eigenvalue weighted by Gasteiger charge is -2.20. The van der Waals surface area contributed by atoms with Gasteiger partial charge in [-0.15, -0.1) is 6.58 Å². The van der Waals surface area contributed by atoms with Crippen LogP contribution in [0.3, 0.4) is 0 Å². The summed E-state index contributed by atoms with van der Waals surface area (Å²) in [7, 11) is 0. The highest BCUT2D eigenvalue weighted by molar-refractivity contribution is 6.31. The van der Waals surface area contributed by atoms with Gasteiger partial charge in [-0.1, -0.05) is 17.7 Å². The Hall–Kier alpha value is -1.06. The lowest BCUT2D eigenvalue weighted by Crippen LogP contribution is -2.23. The molecule has 82 valence electrons. The van der Waals surface area contributed by atoms with Crippen molar-refractivity contribution in [3.63, 3.8) is 0 Å². The first-order valence-corrected chi connectivity index (χ1v) is 5.31. The highest BCUT2D eigenvalue weighted by atomic mass is 35.5. The average molecular weight is 226 g/mol. The molecule has 0 spiro atoms. The van der Waals surface area contributed by atoms with Crippen molar-refractivity contribution in [1.29, 1.82) is 0 Å². The fourth-order valence-electron chi connectivity index (χ4n) is 1.34. The topological polar surface area (TPSA) is 42.1 Å². The maximum absolute atomic E-state index is 5.94. The van der Waals surface area contributed by atoms with Crippen molar-refractivity contribution in [3.8, 4) is 0 Å². The van der Waals surface area contributed by atoms with Crippen molar-refractivity contribution in [2.45, 2.75) is 13.5 Å². The van der Waals surface area contributed by atoms with Crippen LogP contribution in [0.4, 0.5) is 5.82 Å². The van der Waals surface area contributed by atoms with E-state index in [4.69, 9.17) is 17.3 Å². The van der Waals surface area contributed by atoms with Gasteiger partial charge in [0.25, 0.3) is 0 Å². The Kier molecular flexibility index (Phi) is 4.59. The van der Waals surface area contributed by atoms with Crippen molar-refractivity contribution >= 4 is 17.4 Å². The van der Waals surface area contributed by atoms with Gasteiger partial charge in [0.15, 0.2) is 0 Å². The molecule has 0 radical (unpaired) electrons. The summed E-state index contributed by atoms with van der Waals surface area (Å²) in [5.74, 6) is 0.891. The van der Waals surface area contributed by atoms with Crippen LogP contribution in [-0.2, 0) is 6.54 Å². The predicted octanol–water partition coefficient (Wildman–Crippen LogP) is 2.21. The van der Waals surface area contributed by atoms with E-state index < -0.39 is 0 Å². The molecule has 0 aliphatic heterocycles. The van der Waals surface area contributed by atoms with Crippen LogP contribution in [0.2, 0.25) is 5.02 Å². The fourth-order valence-corrected chi connectivity index (χ4v) is 1.52. The van der Waals surface area contributed by atoms with Gasteiger partial charge in [0.1, 0.15) is 5.82 Å². The zero-order valence-corrected chi connectivity index (χ0v) is 9.67. The predicted molar refractivity (Wildman–Crippen MR) is 65.2 cm³/mol. The van der Waals surface area contributed by atoms with Crippen LogP contribution in [0, 0.1) is 0 Å². The second-order valence-corrected chi connectivity index (χ2v) is 3.57. The summed E-state index contributed by atoms with van der Waals surface area (Å²) in [6.07, 6.45) is 3.49. The summed E-state index contributed by atoms with van der Waals surface area (Å²) in [4.78, 5) is 6.37. The van der Waals surface area contributed by atoms with E-state index in [1.165, 1.54) is 0 Å². The molecule has 0 atom stereocenters. The van der Waals surface area contributed by atoms with Crippen molar-refractivity contribution < 1.29 is 0 Å². The third kappa shape index (κ3) is 2.94. The molecule has 15 heavy (non-hydrogen) atoms. The van der Waals surface area contributed by atoms with Crippen LogP contribution in [0.5, 0.6) is 0 Å². The number of nitrogens with two attached hydrogens (primary N) is 1. The van der Waals surface area contributed by atoms with E-state index in [-0.39, 0.29) is 0 Å². The van der Waals surface area contributed by atoms with Gasteiger partial charge >= 0.3 is 0 Å². The Bertz CT molecular complexity index is 339. The molecule has 0 unspecified atom stereocenters. The number of halogens is 1. The third-order valence-electron chi connectivity index (χ3n) is 2.20. The van der Waals surface area contributed by atoms with Crippen LogP contribution in [0.25, 0.3) is 0 Å². The molecule has 3 nitrogen and oxygen atoms in total. The first-order valence-electron chi connectivity index (χ1n) is 4.93. The maximum atomic E-state index is 5.94. The zero-order chi connectivity index (χ0) is 11.3. The smallest absolute Gasteiger partial charge is 0.129 e. The second kappa shape index (κ2) is 5.73. The minimum atomic E-state index is 0.431. The Morgan fingerprint density at radius 2 is 2.40 bits per heavy atom. The molecule has 0 aliphatic carbocycles. The number of pyridine rings is 1. The van der Waals surface area contributed by atoms with Crippen LogP contribution >= 0.6 is 11.6 Å². The van der Waals surface area contributed by atoms with Crippen molar-refractivity contribution in [3.05, 3.63) is 35.5 Å². The average Bonchev–Trinajstić information content (AvgIpc) is 2.27. The first kappa shape index (κ1) is 12.0. The number of hydrogen-bond acceptors (Lipinski definition) is 3. The molecular formula is C11H16ClN3. The summed E-state index contributed by atoms with van der Waals surface area (Å²) in [5, 5.41) is 0.621. The maximum Gasteiger partial charge on any atom is 0.129 e. The van der Waals surface area contributed by atoms with E-state index in [0.717, 1.165) is 24.5 Å². The largest absolute Gasteiger partial charge is 0.353 e. The number of aromatic nitrogens is 1. The first-order chi connectivity index (χ1) is 7.22. The lowest BCUT2D eigenvalue weighted by molar-refractivity contribution is 0.878. The summed E-state index contributed by atoms with van der Waals surface area (Å²) in [6.45, 7) is 7.87. The minimum absolute atomic E-state index is 0.431. The standard InChI is InChI=1S/C11H16ClN3/c1-3-5-15(4-2)11-6-9(7-13)10(12)8-14-11/h3,6,8H,1,4-5,7,13H2,2H3. The molecule has 4 heteroatoms. The Morgan fingerprint density at radius 1 is 1.67 bits per heavy atom. The SMILES string of the molecule is C=CCN(CC)c1cc(CN)c(Cl)cn1. The Morgan fingerprint density at radius 3 is 2.93 bits per heavy atom. The molecule has 2 N–H and O–H groups in total. The van der Waals surface area contributed by atoms with Gasteiger partial charge < -0.3 is 10.6 Å². The molecule has 1 aromatic rings. The number of rotatable bonds is 5. The van der Waals surface area contributed by atoms with Gasteiger partial charge in [0.2, 0.25) is 0 Å². The van der Waals surface area contributed by atoms with Crippen molar-refractivity contribution in [2.75, 3.05) is 18.0 Å². The van der Waals surface area contributed by atoms with Gasteiger partial charge in [-0.25, -0.2) is 4.98 Å². The molecular weight excluding hydrogens is 210 g/mol. The molecule has 0 aliphatic rings. The van der Waals surface area contributed by atoms with E-state index in [0.29, 0.717) is 11.6 Å². The fraction of sp³-hybridized carbons (Fsp3) is 0.364. The normalized spacial score (nSPS) is 10.1. The number of hydrogen-bond donors (Lipinski definition) is 1. The molecule has 1 aromatic heterocycles. The zero-order valence-electron chi connectivity index (χ0n) is 8.91. The number of anilines is 1. The molecule has 0 saturated carbocycles. The number of nitrogens with zero attached hydrogens (tertiary/aromatic N) is 2. The Balaban J connectivity index is 2.97. The Labute approximate surface area is 95.6 Å². The van der Waals surface area contributed by atoms with E-state index in [1.807, 2.05) is 12.1 Å². The third-order valence-corrected chi connectivity index (χ3v) is 2.54. The summed E-state index contributed by atoms with van der Waals surface area (Å²) >= 11 is 5.94. The lowest BCUT2D eigenvalue weighted by atomic mass is 10.2. The van der Waals surface area contributed by atoms with E-state index >= 15 is 0 Å². The van der Waals surface area contributed by atoms with Crippen molar-refractivity contribution in [2.24, 2.45) is 5.73 Å². The van der Waals surface area contributed by atoms with E-state index in [2.05, 4.69) is 23.4 Å². The monoisotopic (exact) mass is 225 g/mol. The summed E-state index contributed by atoms with van der Waals surface area (Å²) < 4.78 is 0. The van der Waals surface area contributed by atoms with Crippen LogP contribution in [-0.4, -0.2) is 18.1 Å². The molecule has 0 amide bonds. The van der Waals surface area contributed by atoms with E-state index in [9.17, 15) is 0 Å². The van der Waals surface area contributed by atoms with E-state index in [1.54, 1.807) is 6.20 Å². The van der Waals surface area contributed by atoms with Gasteiger partial charge in [-0.2, -0.15) is 0 Å². The highest BCUT2D eigenvalue weighted by Crippen LogP contribution is 2.19. The quantitative estimate of drug-likeness (QED) is 0.782. The molecule has 0 bridgehead atoms. The van der Waals surface area contributed by atoms with Crippen molar-refractivity contribution in [1.82, 2.24) is 4.98 Å².